The molecule has 6 nitrogen and oxygen atoms in total. The van der Waals surface area contributed by atoms with Gasteiger partial charge in [0.25, 0.3) is 5.56 Å². The van der Waals surface area contributed by atoms with Crippen LogP contribution in [0.5, 0.6) is 6.01 Å². The molecule has 2 heterocycles. The summed E-state index contributed by atoms with van der Waals surface area (Å²) in [5, 5.41) is 0.822. The van der Waals surface area contributed by atoms with E-state index >= 15 is 0 Å². The Balaban J connectivity index is 2.34. The van der Waals surface area contributed by atoms with E-state index in [1.165, 1.54) is 10.6 Å². The van der Waals surface area contributed by atoms with Gasteiger partial charge in [0.15, 0.2) is 0 Å². The molecule has 0 radical (unpaired) electrons. The van der Waals surface area contributed by atoms with Crippen LogP contribution in [0.2, 0.25) is 0 Å². The van der Waals surface area contributed by atoms with Crippen LogP contribution >= 0.6 is 0 Å². The van der Waals surface area contributed by atoms with Gasteiger partial charge in [-0.2, -0.15) is 9.97 Å². The zero-order valence-electron chi connectivity index (χ0n) is 10.9. The lowest BCUT2D eigenvalue weighted by Gasteiger charge is -2.08. The van der Waals surface area contributed by atoms with Crippen LogP contribution in [0.3, 0.4) is 0 Å². The summed E-state index contributed by atoms with van der Waals surface area (Å²) in [5.74, 6) is 0. The zero-order valence-corrected chi connectivity index (χ0v) is 10.9. The molecule has 0 bridgehead atoms. The Labute approximate surface area is 110 Å². The van der Waals surface area contributed by atoms with Crippen LogP contribution in [0, 0.1) is 6.92 Å². The Kier molecular flexibility index (Phi) is 3.89. The number of hydrogen-bond acceptors (Lipinski definition) is 5. The number of aldehydes is 1. The SMILES string of the molecule is Cc1nc(OCCCC=O)nc2c1ccc(=O)n2C. The van der Waals surface area contributed by atoms with Gasteiger partial charge < -0.3 is 9.53 Å². The van der Waals surface area contributed by atoms with Crippen molar-refractivity contribution in [1.29, 1.82) is 0 Å². The third-order valence-corrected chi connectivity index (χ3v) is 2.83. The van der Waals surface area contributed by atoms with Crippen molar-refractivity contribution >= 4 is 17.3 Å². The molecule has 0 amide bonds. The summed E-state index contributed by atoms with van der Waals surface area (Å²) < 4.78 is 6.86. The van der Waals surface area contributed by atoms with E-state index in [4.69, 9.17) is 4.74 Å². The molecule has 2 rings (SSSR count). The third-order valence-electron chi connectivity index (χ3n) is 2.83. The van der Waals surface area contributed by atoms with E-state index in [2.05, 4.69) is 9.97 Å². The lowest BCUT2D eigenvalue weighted by molar-refractivity contribution is -0.108. The first-order valence-corrected chi connectivity index (χ1v) is 6.04. The summed E-state index contributed by atoms with van der Waals surface area (Å²) in [6.07, 6.45) is 1.92. The van der Waals surface area contributed by atoms with Gasteiger partial charge in [-0.1, -0.05) is 0 Å². The minimum absolute atomic E-state index is 0.127. The van der Waals surface area contributed by atoms with Crippen LogP contribution < -0.4 is 10.3 Å². The van der Waals surface area contributed by atoms with Crippen molar-refractivity contribution in [2.45, 2.75) is 19.8 Å². The second kappa shape index (κ2) is 5.60. The van der Waals surface area contributed by atoms with Gasteiger partial charge in [-0.3, -0.25) is 9.36 Å². The molecule has 0 aliphatic rings. The van der Waals surface area contributed by atoms with Crippen LogP contribution in [-0.2, 0) is 11.8 Å². The number of carbonyl (C=O) groups excluding carboxylic acids is 1. The molecule has 2 aromatic rings. The van der Waals surface area contributed by atoms with Gasteiger partial charge in [-0.15, -0.1) is 0 Å². The van der Waals surface area contributed by atoms with Crippen molar-refractivity contribution in [3.8, 4) is 6.01 Å². The number of hydrogen-bond donors (Lipinski definition) is 0. The highest BCUT2D eigenvalue weighted by atomic mass is 16.5. The lowest BCUT2D eigenvalue weighted by atomic mass is 10.2. The van der Waals surface area contributed by atoms with Crippen molar-refractivity contribution in [1.82, 2.24) is 14.5 Å². The molecule has 2 aromatic heterocycles. The fourth-order valence-corrected chi connectivity index (χ4v) is 1.76. The van der Waals surface area contributed by atoms with E-state index in [1.54, 1.807) is 13.1 Å². The maximum absolute atomic E-state index is 11.6. The normalized spacial score (nSPS) is 10.6. The van der Waals surface area contributed by atoms with Crippen molar-refractivity contribution < 1.29 is 9.53 Å². The average molecular weight is 261 g/mol. The van der Waals surface area contributed by atoms with Gasteiger partial charge in [0, 0.05) is 24.9 Å². The van der Waals surface area contributed by atoms with Crippen LogP contribution in [-0.4, -0.2) is 27.4 Å². The molecule has 19 heavy (non-hydrogen) atoms. The maximum atomic E-state index is 11.6. The first kappa shape index (κ1) is 13.2. The minimum Gasteiger partial charge on any atom is -0.463 e. The largest absolute Gasteiger partial charge is 0.463 e. The molecule has 0 aliphatic carbocycles. The second-order valence-corrected chi connectivity index (χ2v) is 4.22. The molecule has 0 unspecified atom stereocenters. The van der Waals surface area contributed by atoms with Crippen molar-refractivity contribution in [2.75, 3.05) is 6.61 Å². The summed E-state index contributed by atoms with van der Waals surface area (Å²) in [4.78, 5) is 30.2. The van der Waals surface area contributed by atoms with Gasteiger partial charge in [-0.05, 0) is 19.4 Å². The van der Waals surface area contributed by atoms with E-state index < -0.39 is 0 Å². The summed E-state index contributed by atoms with van der Waals surface area (Å²) >= 11 is 0. The number of carbonyl (C=O) groups is 1. The molecule has 0 N–H and O–H groups in total. The monoisotopic (exact) mass is 261 g/mol. The number of nitrogens with zero attached hydrogens (tertiary/aromatic N) is 3. The van der Waals surface area contributed by atoms with Crippen molar-refractivity contribution in [3.05, 3.63) is 28.2 Å². The fourth-order valence-electron chi connectivity index (χ4n) is 1.76. The topological polar surface area (TPSA) is 74.1 Å². The quantitative estimate of drug-likeness (QED) is 0.593. The fraction of sp³-hybridized carbons (Fsp3) is 0.385. The van der Waals surface area contributed by atoms with Crippen molar-refractivity contribution in [2.24, 2.45) is 7.05 Å². The Morgan fingerprint density at radius 3 is 2.89 bits per heavy atom. The average Bonchev–Trinajstić information content (AvgIpc) is 2.39. The van der Waals surface area contributed by atoms with Crippen LogP contribution in [0.15, 0.2) is 16.9 Å². The molecule has 0 atom stereocenters. The Hall–Kier alpha value is -2.24. The number of rotatable bonds is 5. The molecular formula is C13H15N3O3. The third kappa shape index (κ3) is 2.78. The van der Waals surface area contributed by atoms with Gasteiger partial charge in [0.2, 0.25) is 0 Å². The molecule has 0 fully saturated rings. The Morgan fingerprint density at radius 1 is 1.37 bits per heavy atom. The Morgan fingerprint density at radius 2 is 2.16 bits per heavy atom. The summed E-state index contributed by atoms with van der Waals surface area (Å²) in [6, 6.07) is 3.43. The number of fused-ring (bicyclic) bond motifs is 1. The molecule has 100 valence electrons. The van der Waals surface area contributed by atoms with E-state index in [-0.39, 0.29) is 11.6 Å². The van der Waals surface area contributed by atoms with Crippen LogP contribution in [0.25, 0.3) is 11.0 Å². The number of aromatic nitrogens is 3. The summed E-state index contributed by atoms with van der Waals surface area (Å²) in [7, 11) is 1.66. The van der Waals surface area contributed by atoms with E-state index in [1.807, 2.05) is 6.92 Å². The van der Waals surface area contributed by atoms with E-state index in [0.717, 1.165) is 17.4 Å². The first-order valence-electron chi connectivity index (χ1n) is 6.04. The molecule has 0 aliphatic heterocycles. The predicted molar refractivity (Wildman–Crippen MR) is 70.3 cm³/mol. The minimum atomic E-state index is -0.127. The highest BCUT2D eigenvalue weighted by molar-refractivity contribution is 5.77. The number of aryl methyl sites for hydroxylation is 2. The molecule has 0 saturated heterocycles. The maximum Gasteiger partial charge on any atom is 0.318 e. The van der Waals surface area contributed by atoms with Crippen LogP contribution in [0.4, 0.5) is 0 Å². The molecular weight excluding hydrogens is 246 g/mol. The predicted octanol–water partition coefficient (Wildman–Crippen LogP) is 0.995. The second-order valence-electron chi connectivity index (χ2n) is 4.22. The zero-order chi connectivity index (χ0) is 13.8. The molecule has 0 spiro atoms. The van der Waals surface area contributed by atoms with Gasteiger partial charge in [0.1, 0.15) is 11.9 Å². The van der Waals surface area contributed by atoms with Gasteiger partial charge in [0.05, 0.1) is 12.3 Å². The standard InChI is InChI=1S/C13H15N3O3/c1-9-10-5-6-11(18)16(2)12(10)15-13(14-9)19-8-4-3-7-17/h5-7H,3-4,8H2,1-2H3. The van der Waals surface area contributed by atoms with Gasteiger partial charge >= 0.3 is 6.01 Å². The van der Waals surface area contributed by atoms with Gasteiger partial charge in [-0.25, -0.2) is 0 Å². The lowest BCUT2D eigenvalue weighted by Crippen LogP contribution is -2.17. The Bertz CT molecular complexity index is 664. The number of pyridine rings is 1. The molecule has 6 heteroatoms. The number of unbranched alkanes of at least 4 members (excludes halogenated alkanes) is 1. The highest BCUT2D eigenvalue weighted by Gasteiger charge is 2.08. The summed E-state index contributed by atoms with van der Waals surface area (Å²) in [6.45, 7) is 2.22. The van der Waals surface area contributed by atoms with E-state index in [9.17, 15) is 9.59 Å². The highest BCUT2D eigenvalue weighted by Crippen LogP contribution is 2.16. The van der Waals surface area contributed by atoms with Crippen molar-refractivity contribution in [3.63, 3.8) is 0 Å². The summed E-state index contributed by atoms with van der Waals surface area (Å²) in [5.41, 5.74) is 1.17. The molecule has 0 saturated carbocycles. The molecule has 0 aromatic carbocycles. The van der Waals surface area contributed by atoms with Crippen LogP contribution in [0.1, 0.15) is 18.5 Å². The smallest absolute Gasteiger partial charge is 0.318 e. The number of ether oxygens (including phenoxy) is 1. The first-order chi connectivity index (χ1) is 9.13. The van der Waals surface area contributed by atoms with E-state index in [0.29, 0.717) is 25.1 Å².